The second-order valence-corrected chi connectivity index (χ2v) is 7.12. The van der Waals surface area contributed by atoms with Gasteiger partial charge >= 0.3 is 0 Å². The van der Waals surface area contributed by atoms with Gasteiger partial charge in [0.2, 0.25) is 0 Å². The number of para-hydroxylation sites is 2. The first-order chi connectivity index (χ1) is 12.8. The maximum Gasteiger partial charge on any atom is 0.121 e. The lowest BCUT2D eigenvalue weighted by molar-refractivity contribution is 0.159. The minimum Gasteiger partial charge on any atom is -0.341 e. The smallest absolute Gasteiger partial charge is 0.121 e. The molecule has 3 aromatic rings. The zero-order chi connectivity index (χ0) is 17.8. The molecular formula is C22H31N5. The zero-order valence-corrected chi connectivity index (χ0v) is 15.2. The van der Waals surface area contributed by atoms with Crippen LogP contribution in [-0.4, -0.2) is 32.9 Å². The van der Waals surface area contributed by atoms with Gasteiger partial charge in [-0.05, 0) is 69.0 Å². The molecule has 0 spiro atoms. The zero-order valence-electron chi connectivity index (χ0n) is 15.2. The largest absolute Gasteiger partial charge is 0.341 e. The molecule has 0 unspecified atom stereocenters. The van der Waals surface area contributed by atoms with Crippen molar-refractivity contribution in [1.29, 1.82) is 0 Å². The fourth-order valence-electron chi connectivity index (χ4n) is 4.02. The van der Waals surface area contributed by atoms with E-state index in [9.17, 15) is 0 Å². The van der Waals surface area contributed by atoms with Crippen molar-refractivity contribution in [3.63, 3.8) is 0 Å². The number of fused-ring (bicyclic) bond motifs is 2. The van der Waals surface area contributed by atoms with Crippen molar-refractivity contribution in [1.82, 2.24) is 19.9 Å². The van der Waals surface area contributed by atoms with Crippen LogP contribution in [0.5, 0.6) is 0 Å². The summed E-state index contributed by atoms with van der Waals surface area (Å²) in [6.07, 6.45) is 7.61. The summed E-state index contributed by atoms with van der Waals surface area (Å²) in [5, 5.41) is 0. The van der Waals surface area contributed by atoms with E-state index in [-0.39, 0.29) is 7.43 Å². The molecule has 3 N–H and O–H groups in total. The second kappa shape index (κ2) is 9.11. The summed E-state index contributed by atoms with van der Waals surface area (Å²) in [6, 6.07) is 12.9. The van der Waals surface area contributed by atoms with Crippen molar-refractivity contribution < 1.29 is 0 Å². The third kappa shape index (κ3) is 4.37. The van der Waals surface area contributed by atoms with E-state index in [2.05, 4.69) is 34.1 Å². The standard InChI is InChI=1S/C21H27N5.CH4/c22-12-3-4-14-26(15-20-24-17-9-1-2-10-18(17)25-20)19-11-5-7-16-8-6-13-23-21(16)19;/h1-2,6,8-10,13,19H,3-5,7,11-12,14-15,22H2,(H,24,25);1H4/t19-;/m0./s1. The minimum atomic E-state index is 0. The highest BCUT2D eigenvalue weighted by Gasteiger charge is 2.27. The first-order valence-electron chi connectivity index (χ1n) is 9.66. The lowest BCUT2D eigenvalue weighted by Crippen LogP contribution is -2.33. The van der Waals surface area contributed by atoms with Gasteiger partial charge in [0.15, 0.2) is 0 Å². The van der Waals surface area contributed by atoms with Crippen LogP contribution in [-0.2, 0) is 13.0 Å². The van der Waals surface area contributed by atoms with Crippen LogP contribution in [0.2, 0.25) is 0 Å². The Morgan fingerprint density at radius 3 is 2.89 bits per heavy atom. The molecule has 5 nitrogen and oxygen atoms in total. The van der Waals surface area contributed by atoms with Gasteiger partial charge in [0.05, 0.1) is 29.3 Å². The van der Waals surface area contributed by atoms with Gasteiger partial charge in [-0.15, -0.1) is 0 Å². The average Bonchev–Trinajstić information content (AvgIpc) is 3.09. The lowest BCUT2D eigenvalue weighted by Gasteiger charge is -2.34. The summed E-state index contributed by atoms with van der Waals surface area (Å²) < 4.78 is 0. The number of aryl methyl sites for hydroxylation is 1. The topological polar surface area (TPSA) is 70.8 Å². The van der Waals surface area contributed by atoms with E-state index in [4.69, 9.17) is 15.7 Å². The number of nitrogens with two attached hydrogens (primary N) is 1. The number of benzene rings is 1. The summed E-state index contributed by atoms with van der Waals surface area (Å²) in [6.45, 7) is 2.59. The van der Waals surface area contributed by atoms with Crippen molar-refractivity contribution in [2.75, 3.05) is 13.1 Å². The van der Waals surface area contributed by atoms with Crippen molar-refractivity contribution in [3.05, 3.63) is 59.7 Å². The molecule has 5 heteroatoms. The third-order valence-electron chi connectivity index (χ3n) is 5.30. The lowest BCUT2D eigenvalue weighted by atomic mass is 9.90. The van der Waals surface area contributed by atoms with Crippen LogP contribution in [0.3, 0.4) is 0 Å². The summed E-state index contributed by atoms with van der Waals surface area (Å²) in [5.41, 5.74) is 10.5. The Kier molecular flexibility index (Phi) is 6.58. The molecule has 0 aliphatic heterocycles. The average molecular weight is 366 g/mol. The van der Waals surface area contributed by atoms with Crippen LogP contribution in [0.25, 0.3) is 11.0 Å². The molecule has 0 saturated carbocycles. The maximum absolute atomic E-state index is 5.72. The van der Waals surface area contributed by atoms with Crippen LogP contribution >= 0.6 is 0 Å². The molecular weight excluding hydrogens is 334 g/mol. The molecule has 0 bridgehead atoms. The van der Waals surface area contributed by atoms with Gasteiger partial charge < -0.3 is 10.7 Å². The highest BCUT2D eigenvalue weighted by atomic mass is 15.2. The molecule has 0 amide bonds. The molecule has 144 valence electrons. The number of aromatic amines is 1. The van der Waals surface area contributed by atoms with Gasteiger partial charge in [-0.25, -0.2) is 4.98 Å². The first kappa shape index (κ1) is 19.5. The summed E-state index contributed by atoms with van der Waals surface area (Å²) >= 11 is 0. The fraction of sp³-hybridized carbons (Fsp3) is 0.455. The van der Waals surface area contributed by atoms with Crippen molar-refractivity contribution in [3.8, 4) is 0 Å². The highest BCUT2D eigenvalue weighted by molar-refractivity contribution is 5.74. The molecule has 0 saturated heterocycles. The Labute approximate surface area is 162 Å². The molecule has 1 aliphatic carbocycles. The number of unbranched alkanes of at least 4 members (excludes halogenated alkanes) is 1. The number of hydrogen-bond donors (Lipinski definition) is 2. The van der Waals surface area contributed by atoms with Gasteiger partial charge in [-0.2, -0.15) is 0 Å². The Balaban J connectivity index is 0.00000210. The van der Waals surface area contributed by atoms with E-state index in [0.717, 1.165) is 62.2 Å². The Bertz CT molecular complexity index is 824. The Morgan fingerprint density at radius 1 is 1.15 bits per heavy atom. The minimum absolute atomic E-state index is 0. The van der Waals surface area contributed by atoms with Crippen LogP contribution in [0.1, 0.15) is 56.2 Å². The normalized spacial score (nSPS) is 16.3. The van der Waals surface area contributed by atoms with Crippen LogP contribution in [0, 0.1) is 0 Å². The van der Waals surface area contributed by atoms with E-state index >= 15 is 0 Å². The molecule has 0 fully saturated rings. The van der Waals surface area contributed by atoms with Crippen molar-refractivity contribution in [2.24, 2.45) is 5.73 Å². The third-order valence-corrected chi connectivity index (χ3v) is 5.30. The number of aromatic nitrogens is 3. The van der Waals surface area contributed by atoms with E-state index in [1.54, 1.807) is 0 Å². The van der Waals surface area contributed by atoms with E-state index in [1.165, 1.54) is 17.7 Å². The summed E-state index contributed by atoms with van der Waals surface area (Å²) in [5.74, 6) is 1.03. The number of rotatable bonds is 7. The Morgan fingerprint density at radius 2 is 2.04 bits per heavy atom. The van der Waals surface area contributed by atoms with Gasteiger partial charge in [-0.3, -0.25) is 9.88 Å². The monoisotopic (exact) mass is 365 g/mol. The van der Waals surface area contributed by atoms with Gasteiger partial charge in [-0.1, -0.05) is 25.6 Å². The van der Waals surface area contributed by atoms with E-state index in [1.807, 2.05) is 18.3 Å². The predicted molar refractivity (Wildman–Crippen MR) is 111 cm³/mol. The first-order valence-corrected chi connectivity index (χ1v) is 9.66. The van der Waals surface area contributed by atoms with Crippen LogP contribution in [0.4, 0.5) is 0 Å². The molecule has 1 aliphatic rings. The van der Waals surface area contributed by atoms with Crippen molar-refractivity contribution in [2.45, 2.75) is 52.1 Å². The Hall–Kier alpha value is -2.24. The number of pyridine rings is 1. The molecule has 0 radical (unpaired) electrons. The molecule has 27 heavy (non-hydrogen) atoms. The number of H-pyrrole nitrogens is 1. The molecule has 2 heterocycles. The molecule has 4 rings (SSSR count). The van der Waals surface area contributed by atoms with Gasteiger partial charge in [0, 0.05) is 6.20 Å². The molecule has 1 aromatic carbocycles. The van der Waals surface area contributed by atoms with Crippen molar-refractivity contribution >= 4 is 11.0 Å². The quantitative estimate of drug-likeness (QED) is 0.615. The second-order valence-electron chi connectivity index (χ2n) is 7.12. The number of imidazole rings is 1. The molecule has 2 aromatic heterocycles. The molecule has 1 atom stereocenters. The predicted octanol–water partition coefficient (Wildman–Crippen LogP) is 4.21. The van der Waals surface area contributed by atoms with E-state index in [0.29, 0.717) is 6.04 Å². The number of nitrogens with one attached hydrogen (secondary N) is 1. The summed E-state index contributed by atoms with van der Waals surface area (Å²) in [4.78, 5) is 15.5. The SMILES string of the molecule is C.NCCCCN(Cc1nc2ccccc2[nH]1)[C@H]1CCCc2cccnc21. The highest BCUT2D eigenvalue weighted by Crippen LogP contribution is 2.33. The van der Waals surface area contributed by atoms with Crippen LogP contribution < -0.4 is 5.73 Å². The van der Waals surface area contributed by atoms with Gasteiger partial charge in [0.1, 0.15) is 5.82 Å². The van der Waals surface area contributed by atoms with Crippen LogP contribution in [0.15, 0.2) is 42.6 Å². The number of nitrogens with zero attached hydrogens (tertiary/aromatic N) is 3. The fourth-order valence-corrected chi connectivity index (χ4v) is 4.02. The van der Waals surface area contributed by atoms with Gasteiger partial charge in [0.25, 0.3) is 0 Å². The maximum atomic E-state index is 5.72. The summed E-state index contributed by atoms with van der Waals surface area (Å²) in [7, 11) is 0. The van der Waals surface area contributed by atoms with E-state index < -0.39 is 0 Å². The number of hydrogen-bond acceptors (Lipinski definition) is 4.